The third-order valence-electron chi connectivity index (χ3n) is 4.81. The molecule has 0 aliphatic carbocycles. The average Bonchev–Trinajstić information content (AvgIpc) is 2.76. The standard InChI is InChI=1S/C23H25NO4/c1-27-23(26)20-12-9-18(10-13-20)11-14-22(25)24-15-5-6-19(16-24)17-28-21-7-3-2-4-8-21/h2-4,7-14,19H,5-6,15-17H2,1H3/b14-11+. The average molecular weight is 379 g/mol. The number of benzene rings is 2. The number of esters is 1. The molecule has 0 aromatic heterocycles. The highest BCUT2D eigenvalue weighted by molar-refractivity contribution is 5.92. The summed E-state index contributed by atoms with van der Waals surface area (Å²) in [6, 6.07) is 16.7. The zero-order valence-electron chi connectivity index (χ0n) is 16.0. The highest BCUT2D eigenvalue weighted by Gasteiger charge is 2.22. The second-order valence-corrected chi connectivity index (χ2v) is 6.86. The molecule has 2 aromatic rings. The van der Waals surface area contributed by atoms with Gasteiger partial charge in [-0.3, -0.25) is 4.79 Å². The van der Waals surface area contributed by atoms with E-state index in [1.807, 2.05) is 35.2 Å². The van der Waals surface area contributed by atoms with Crippen molar-refractivity contribution in [3.63, 3.8) is 0 Å². The van der Waals surface area contributed by atoms with E-state index in [2.05, 4.69) is 4.74 Å². The Kier molecular flexibility index (Phi) is 6.84. The molecular formula is C23H25NO4. The molecule has 0 radical (unpaired) electrons. The summed E-state index contributed by atoms with van der Waals surface area (Å²) in [6.45, 7) is 2.09. The number of methoxy groups -OCH3 is 1. The highest BCUT2D eigenvalue weighted by Crippen LogP contribution is 2.19. The molecule has 1 unspecified atom stereocenters. The smallest absolute Gasteiger partial charge is 0.337 e. The number of ether oxygens (including phenoxy) is 2. The Hall–Kier alpha value is -3.08. The normalized spacial score (nSPS) is 16.8. The van der Waals surface area contributed by atoms with E-state index in [1.165, 1.54) is 7.11 Å². The number of rotatable bonds is 6. The molecular weight excluding hydrogens is 354 g/mol. The van der Waals surface area contributed by atoms with Crippen molar-refractivity contribution in [2.45, 2.75) is 12.8 Å². The summed E-state index contributed by atoms with van der Waals surface area (Å²) in [5, 5.41) is 0. The molecule has 3 rings (SSSR count). The molecule has 1 aliphatic heterocycles. The fraction of sp³-hybridized carbons (Fsp3) is 0.304. The second-order valence-electron chi connectivity index (χ2n) is 6.86. The van der Waals surface area contributed by atoms with Gasteiger partial charge in [0.05, 0.1) is 19.3 Å². The van der Waals surface area contributed by atoms with Crippen LogP contribution in [0.25, 0.3) is 6.08 Å². The molecule has 1 atom stereocenters. The van der Waals surface area contributed by atoms with Gasteiger partial charge in [0.15, 0.2) is 0 Å². The van der Waals surface area contributed by atoms with Crippen LogP contribution in [0.1, 0.15) is 28.8 Å². The number of likely N-dealkylation sites (tertiary alicyclic amines) is 1. The SMILES string of the molecule is COC(=O)c1ccc(/C=C/C(=O)N2CCCC(COc3ccccc3)C2)cc1. The predicted octanol–water partition coefficient (Wildman–Crippen LogP) is 3.80. The van der Waals surface area contributed by atoms with Crippen molar-refractivity contribution in [3.8, 4) is 5.75 Å². The van der Waals surface area contributed by atoms with Crippen LogP contribution in [0.3, 0.4) is 0 Å². The van der Waals surface area contributed by atoms with Crippen molar-refractivity contribution in [1.82, 2.24) is 4.90 Å². The number of amides is 1. The van der Waals surface area contributed by atoms with E-state index in [9.17, 15) is 9.59 Å². The van der Waals surface area contributed by atoms with Crippen LogP contribution in [-0.4, -0.2) is 43.6 Å². The number of hydrogen-bond acceptors (Lipinski definition) is 4. The maximum Gasteiger partial charge on any atom is 0.337 e. The highest BCUT2D eigenvalue weighted by atomic mass is 16.5. The quantitative estimate of drug-likeness (QED) is 0.566. The molecule has 146 valence electrons. The second kappa shape index (κ2) is 9.74. The predicted molar refractivity (Wildman–Crippen MR) is 108 cm³/mol. The summed E-state index contributed by atoms with van der Waals surface area (Å²) < 4.78 is 10.5. The molecule has 0 N–H and O–H groups in total. The van der Waals surface area contributed by atoms with Crippen LogP contribution < -0.4 is 4.74 Å². The Morgan fingerprint density at radius 3 is 2.57 bits per heavy atom. The van der Waals surface area contributed by atoms with E-state index in [-0.39, 0.29) is 11.9 Å². The Bertz CT molecular complexity index is 814. The minimum Gasteiger partial charge on any atom is -0.493 e. The third-order valence-corrected chi connectivity index (χ3v) is 4.81. The Balaban J connectivity index is 1.52. The van der Waals surface area contributed by atoms with Gasteiger partial charge in [0.25, 0.3) is 0 Å². The number of piperidine rings is 1. The van der Waals surface area contributed by atoms with E-state index in [4.69, 9.17) is 4.74 Å². The summed E-state index contributed by atoms with van der Waals surface area (Å²) in [5.74, 6) is 0.831. The van der Waals surface area contributed by atoms with Crippen LogP contribution in [0, 0.1) is 5.92 Å². The van der Waals surface area contributed by atoms with Crippen molar-refractivity contribution in [2.75, 3.05) is 26.8 Å². The maximum atomic E-state index is 12.5. The van der Waals surface area contributed by atoms with Gasteiger partial charge >= 0.3 is 5.97 Å². The van der Waals surface area contributed by atoms with Gasteiger partial charge in [-0.15, -0.1) is 0 Å². The molecule has 0 saturated carbocycles. The van der Waals surface area contributed by atoms with Crippen LogP contribution >= 0.6 is 0 Å². The minimum absolute atomic E-state index is 0.00135. The zero-order chi connectivity index (χ0) is 19.8. The first-order chi connectivity index (χ1) is 13.7. The van der Waals surface area contributed by atoms with Crippen molar-refractivity contribution < 1.29 is 19.1 Å². The molecule has 28 heavy (non-hydrogen) atoms. The molecule has 1 aliphatic rings. The van der Waals surface area contributed by atoms with Crippen LogP contribution in [0.2, 0.25) is 0 Å². The lowest BCUT2D eigenvalue weighted by atomic mass is 9.99. The monoisotopic (exact) mass is 379 g/mol. The topological polar surface area (TPSA) is 55.8 Å². The molecule has 2 aromatic carbocycles. The molecule has 1 saturated heterocycles. The van der Waals surface area contributed by atoms with E-state index < -0.39 is 0 Å². The molecule has 5 nitrogen and oxygen atoms in total. The fourth-order valence-electron chi connectivity index (χ4n) is 3.25. The van der Waals surface area contributed by atoms with Crippen molar-refractivity contribution in [2.24, 2.45) is 5.92 Å². The Morgan fingerprint density at radius 2 is 1.86 bits per heavy atom. The number of nitrogens with zero attached hydrogens (tertiary/aromatic N) is 1. The van der Waals surface area contributed by atoms with Crippen LogP contribution in [0.5, 0.6) is 5.75 Å². The van der Waals surface area contributed by atoms with Crippen molar-refractivity contribution in [1.29, 1.82) is 0 Å². The lowest BCUT2D eigenvalue weighted by molar-refractivity contribution is -0.127. The lowest BCUT2D eigenvalue weighted by Gasteiger charge is -2.32. The molecule has 0 spiro atoms. The van der Waals surface area contributed by atoms with Crippen LogP contribution in [0.4, 0.5) is 0 Å². The van der Waals surface area contributed by atoms with Crippen molar-refractivity contribution in [3.05, 3.63) is 71.8 Å². The maximum absolute atomic E-state index is 12.5. The summed E-state index contributed by atoms with van der Waals surface area (Å²) in [7, 11) is 1.35. The van der Waals surface area contributed by atoms with Crippen LogP contribution in [0.15, 0.2) is 60.7 Å². The van der Waals surface area contributed by atoms with Gasteiger partial charge < -0.3 is 14.4 Å². The lowest BCUT2D eigenvalue weighted by Crippen LogP contribution is -2.40. The van der Waals surface area contributed by atoms with Gasteiger partial charge in [-0.05, 0) is 48.7 Å². The van der Waals surface area contributed by atoms with E-state index >= 15 is 0 Å². The van der Waals surface area contributed by atoms with Gasteiger partial charge in [-0.1, -0.05) is 30.3 Å². The summed E-state index contributed by atoms with van der Waals surface area (Å²) in [4.78, 5) is 25.9. The van der Waals surface area contributed by atoms with Gasteiger partial charge in [-0.2, -0.15) is 0 Å². The summed E-state index contributed by atoms with van der Waals surface area (Å²) in [6.07, 6.45) is 5.41. The Morgan fingerprint density at radius 1 is 1.11 bits per heavy atom. The fourth-order valence-corrected chi connectivity index (χ4v) is 3.25. The van der Waals surface area contributed by atoms with E-state index in [0.717, 1.165) is 30.7 Å². The van der Waals surface area contributed by atoms with E-state index in [1.54, 1.807) is 36.4 Å². The largest absolute Gasteiger partial charge is 0.493 e. The third kappa shape index (κ3) is 5.46. The minimum atomic E-state index is -0.372. The van der Waals surface area contributed by atoms with Gasteiger partial charge in [-0.25, -0.2) is 4.79 Å². The zero-order valence-corrected chi connectivity index (χ0v) is 16.0. The molecule has 1 amide bonds. The summed E-state index contributed by atoms with van der Waals surface area (Å²) >= 11 is 0. The van der Waals surface area contributed by atoms with E-state index in [0.29, 0.717) is 24.6 Å². The number of para-hydroxylation sites is 1. The first-order valence-corrected chi connectivity index (χ1v) is 9.49. The Labute approximate surface area is 165 Å². The first-order valence-electron chi connectivity index (χ1n) is 9.49. The molecule has 0 bridgehead atoms. The number of carbonyl (C=O) groups excluding carboxylic acids is 2. The molecule has 5 heteroatoms. The molecule has 1 fully saturated rings. The molecule has 1 heterocycles. The van der Waals surface area contributed by atoms with Crippen LogP contribution in [-0.2, 0) is 9.53 Å². The van der Waals surface area contributed by atoms with Gasteiger partial charge in [0.1, 0.15) is 5.75 Å². The van der Waals surface area contributed by atoms with Crippen molar-refractivity contribution >= 4 is 18.0 Å². The van der Waals surface area contributed by atoms with Gasteiger partial charge in [0, 0.05) is 25.1 Å². The summed E-state index contributed by atoms with van der Waals surface area (Å²) in [5.41, 5.74) is 1.35. The number of carbonyl (C=O) groups is 2. The number of hydrogen-bond donors (Lipinski definition) is 0. The van der Waals surface area contributed by atoms with Gasteiger partial charge in [0.2, 0.25) is 5.91 Å². The first kappa shape index (κ1) is 19.7.